The van der Waals surface area contributed by atoms with E-state index < -0.39 is 0 Å². The van der Waals surface area contributed by atoms with Crippen LogP contribution < -0.4 is 10.6 Å². The maximum atomic E-state index is 12.1. The summed E-state index contributed by atoms with van der Waals surface area (Å²) in [4.78, 5) is 12.1. The third-order valence-corrected chi connectivity index (χ3v) is 4.41. The Morgan fingerprint density at radius 1 is 1.06 bits per heavy atom. The monoisotopic (exact) mass is 238 g/mol. The number of carbonyl (C=O) groups excluding carboxylic acids is 1. The zero-order chi connectivity index (χ0) is 11.7. The molecule has 3 aliphatic rings. The molecule has 0 saturated carbocycles. The van der Waals surface area contributed by atoms with E-state index >= 15 is 0 Å². The largest absolute Gasteiger partial charge is 0.381 e. The first-order chi connectivity index (χ1) is 8.31. The van der Waals surface area contributed by atoms with Gasteiger partial charge < -0.3 is 15.4 Å². The van der Waals surface area contributed by atoms with Crippen molar-refractivity contribution in [2.75, 3.05) is 13.2 Å². The van der Waals surface area contributed by atoms with Gasteiger partial charge in [0, 0.05) is 37.3 Å². The third kappa shape index (κ3) is 2.63. The highest BCUT2D eigenvalue weighted by molar-refractivity contribution is 5.79. The van der Waals surface area contributed by atoms with E-state index in [2.05, 4.69) is 10.6 Å². The van der Waals surface area contributed by atoms with Gasteiger partial charge in [0.2, 0.25) is 5.91 Å². The summed E-state index contributed by atoms with van der Waals surface area (Å²) < 4.78 is 5.29. The highest BCUT2D eigenvalue weighted by atomic mass is 16.5. The van der Waals surface area contributed by atoms with Crippen LogP contribution >= 0.6 is 0 Å². The number of ether oxygens (including phenoxy) is 1. The normalized spacial score (nSPS) is 38.0. The third-order valence-electron chi connectivity index (χ3n) is 4.41. The molecule has 2 N–H and O–H groups in total. The van der Waals surface area contributed by atoms with Gasteiger partial charge in [0.25, 0.3) is 0 Å². The predicted octanol–water partition coefficient (Wildman–Crippen LogP) is 0.812. The molecule has 0 radical (unpaired) electrons. The first-order valence-electron chi connectivity index (χ1n) is 6.95. The summed E-state index contributed by atoms with van der Waals surface area (Å²) in [6.45, 7) is 1.49. The molecule has 3 aliphatic heterocycles. The second-order valence-corrected chi connectivity index (χ2v) is 5.70. The summed E-state index contributed by atoms with van der Waals surface area (Å²) >= 11 is 0. The van der Waals surface area contributed by atoms with Crippen molar-refractivity contribution in [1.29, 1.82) is 0 Å². The van der Waals surface area contributed by atoms with Crippen molar-refractivity contribution in [3.8, 4) is 0 Å². The predicted molar refractivity (Wildman–Crippen MR) is 64.7 cm³/mol. The van der Waals surface area contributed by atoms with Crippen LogP contribution in [0.3, 0.4) is 0 Å². The molecule has 3 heterocycles. The van der Waals surface area contributed by atoms with E-state index in [1.165, 1.54) is 12.8 Å². The average Bonchev–Trinajstić information content (AvgIpc) is 2.70. The quantitative estimate of drug-likeness (QED) is 0.748. The molecule has 4 heteroatoms. The van der Waals surface area contributed by atoms with E-state index in [1.807, 2.05) is 0 Å². The first-order valence-corrected chi connectivity index (χ1v) is 6.95. The molecule has 0 aliphatic carbocycles. The van der Waals surface area contributed by atoms with Gasteiger partial charge in [-0.3, -0.25) is 4.79 Å². The number of rotatable bonds is 2. The standard InChI is InChI=1S/C13H22N2O2/c16-13(9-3-5-17-6-4-9)15-12-7-10-1-2-11(8-12)14-10/h9-12,14H,1-8H2,(H,15,16). The smallest absolute Gasteiger partial charge is 0.223 e. The van der Waals surface area contributed by atoms with Gasteiger partial charge in [-0.15, -0.1) is 0 Å². The van der Waals surface area contributed by atoms with Crippen molar-refractivity contribution in [3.63, 3.8) is 0 Å². The highest BCUT2D eigenvalue weighted by Crippen LogP contribution is 2.27. The lowest BCUT2D eigenvalue weighted by Gasteiger charge is -2.31. The number of piperidine rings is 1. The minimum atomic E-state index is 0.191. The van der Waals surface area contributed by atoms with Crippen molar-refractivity contribution in [2.45, 2.75) is 56.7 Å². The summed E-state index contributed by atoms with van der Waals surface area (Å²) in [7, 11) is 0. The van der Waals surface area contributed by atoms with Crippen LogP contribution in [-0.2, 0) is 9.53 Å². The fourth-order valence-electron chi connectivity index (χ4n) is 3.45. The molecule has 96 valence electrons. The van der Waals surface area contributed by atoms with Gasteiger partial charge in [0.15, 0.2) is 0 Å². The van der Waals surface area contributed by atoms with E-state index in [4.69, 9.17) is 4.74 Å². The maximum Gasteiger partial charge on any atom is 0.223 e. The average molecular weight is 238 g/mol. The molecule has 0 spiro atoms. The molecule has 2 bridgehead atoms. The molecular weight excluding hydrogens is 216 g/mol. The van der Waals surface area contributed by atoms with Crippen LogP contribution in [-0.4, -0.2) is 37.2 Å². The van der Waals surface area contributed by atoms with E-state index in [0.29, 0.717) is 18.1 Å². The van der Waals surface area contributed by atoms with Gasteiger partial charge in [-0.25, -0.2) is 0 Å². The van der Waals surface area contributed by atoms with Crippen molar-refractivity contribution < 1.29 is 9.53 Å². The fourth-order valence-corrected chi connectivity index (χ4v) is 3.45. The Balaban J connectivity index is 1.50. The number of carbonyl (C=O) groups is 1. The van der Waals surface area contributed by atoms with Crippen LogP contribution in [0.5, 0.6) is 0 Å². The molecule has 2 unspecified atom stereocenters. The minimum Gasteiger partial charge on any atom is -0.381 e. The van der Waals surface area contributed by atoms with Crippen molar-refractivity contribution in [1.82, 2.24) is 10.6 Å². The summed E-state index contributed by atoms with van der Waals surface area (Å²) in [5.74, 6) is 0.455. The summed E-state index contributed by atoms with van der Waals surface area (Å²) in [5.41, 5.74) is 0. The second kappa shape index (κ2) is 4.94. The Kier molecular flexibility index (Phi) is 3.34. The fraction of sp³-hybridized carbons (Fsp3) is 0.923. The minimum absolute atomic E-state index is 0.191. The molecule has 0 aromatic heterocycles. The van der Waals surface area contributed by atoms with E-state index in [9.17, 15) is 4.79 Å². The number of hydrogen-bond acceptors (Lipinski definition) is 3. The van der Waals surface area contributed by atoms with Gasteiger partial charge in [-0.2, -0.15) is 0 Å². The molecule has 4 nitrogen and oxygen atoms in total. The molecule has 3 saturated heterocycles. The molecule has 0 aromatic rings. The Hall–Kier alpha value is -0.610. The number of fused-ring (bicyclic) bond motifs is 2. The van der Waals surface area contributed by atoms with Crippen LogP contribution in [0, 0.1) is 5.92 Å². The van der Waals surface area contributed by atoms with Gasteiger partial charge >= 0.3 is 0 Å². The molecule has 3 rings (SSSR count). The Morgan fingerprint density at radius 3 is 2.35 bits per heavy atom. The summed E-state index contributed by atoms with van der Waals surface area (Å²) in [6, 6.07) is 1.70. The van der Waals surface area contributed by atoms with Crippen molar-refractivity contribution in [2.24, 2.45) is 5.92 Å². The molecule has 1 amide bonds. The van der Waals surface area contributed by atoms with Crippen LogP contribution in [0.15, 0.2) is 0 Å². The molecule has 0 aromatic carbocycles. The summed E-state index contributed by atoms with van der Waals surface area (Å²) in [5, 5.41) is 6.86. The van der Waals surface area contributed by atoms with E-state index in [1.54, 1.807) is 0 Å². The lowest BCUT2D eigenvalue weighted by Crippen LogP contribution is -2.49. The van der Waals surface area contributed by atoms with Crippen LogP contribution in [0.4, 0.5) is 0 Å². The van der Waals surface area contributed by atoms with Gasteiger partial charge in [-0.05, 0) is 38.5 Å². The zero-order valence-electron chi connectivity index (χ0n) is 10.3. The van der Waals surface area contributed by atoms with Crippen LogP contribution in [0.2, 0.25) is 0 Å². The Morgan fingerprint density at radius 2 is 1.71 bits per heavy atom. The SMILES string of the molecule is O=C(NC1CC2CCC(C1)N2)C1CCOCC1. The lowest BCUT2D eigenvalue weighted by molar-refractivity contribution is -0.128. The van der Waals surface area contributed by atoms with E-state index in [-0.39, 0.29) is 11.8 Å². The number of hydrogen-bond donors (Lipinski definition) is 2. The first kappa shape index (κ1) is 11.5. The number of amides is 1. The van der Waals surface area contributed by atoms with Gasteiger partial charge in [-0.1, -0.05) is 0 Å². The topological polar surface area (TPSA) is 50.4 Å². The molecule has 2 atom stereocenters. The maximum absolute atomic E-state index is 12.1. The van der Waals surface area contributed by atoms with Crippen LogP contribution in [0.1, 0.15) is 38.5 Å². The number of nitrogens with one attached hydrogen (secondary N) is 2. The van der Waals surface area contributed by atoms with Crippen LogP contribution in [0.25, 0.3) is 0 Å². The van der Waals surface area contributed by atoms with Gasteiger partial charge in [0.05, 0.1) is 0 Å². The highest BCUT2D eigenvalue weighted by Gasteiger charge is 2.34. The molecule has 3 fully saturated rings. The van der Waals surface area contributed by atoms with Crippen molar-refractivity contribution in [3.05, 3.63) is 0 Å². The Bertz CT molecular complexity index is 277. The van der Waals surface area contributed by atoms with Crippen molar-refractivity contribution >= 4 is 5.91 Å². The summed E-state index contributed by atoms with van der Waals surface area (Å²) in [6.07, 6.45) is 6.59. The zero-order valence-corrected chi connectivity index (χ0v) is 10.3. The lowest BCUT2D eigenvalue weighted by atomic mass is 9.96. The second-order valence-electron chi connectivity index (χ2n) is 5.70. The molecule has 17 heavy (non-hydrogen) atoms. The van der Waals surface area contributed by atoms with E-state index in [0.717, 1.165) is 38.9 Å². The molecular formula is C13H22N2O2. The Labute approximate surface area is 102 Å². The van der Waals surface area contributed by atoms with Gasteiger partial charge in [0.1, 0.15) is 0 Å².